The van der Waals surface area contributed by atoms with Crippen molar-refractivity contribution < 1.29 is 9.53 Å². The van der Waals surface area contributed by atoms with E-state index in [0.29, 0.717) is 13.2 Å². The molecule has 1 aliphatic rings. The smallest absolute Gasteiger partial charge is 0.335 e. The first-order chi connectivity index (χ1) is 15.1. The summed E-state index contributed by atoms with van der Waals surface area (Å²) in [5, 5.41) is 3.43. The van der Waals surface area contributed by atoms with Gasteiger partial charge in [-0.1, -0.05) is 54.1 Å². The Bertz CT molecular complexity index is 1060. The first-order valence-corrected chi connectivity index (χ1v) is 10.9. The van der Waals surface area contributed by atoms with Crippen molar-refractivity contribution in [2.45, 2.75) is 46.2 Å². The molecular formula is C26H29N3O2. The zero-order valence-electron chi connectivity index (χ0n) is 18.2. The lowest BCUT2D eigenvalue weighted by Crippen LogP contribution is -2.19. The fraction of sp³-hybridized carbons (Fsp3) is 0.308. The van der Waals surface area contributed by atoms with Gasteiger partial charge >= 0.3 is 5.97 Å². The summed E-state index contributed by atoms with van der Waals surface area (Å²) in [6.45, 7) is 5.69. The number of benzene rings is 2. The lowest BCUT2D eigenvalue weighted by molar-refractivity contribution is -0.138. The minimum absolute atomic E-state index is 0.195. The number of hydrogen-bond acceptors (Lipinski definition) is 4. The second-order valence-electron chi connectivity index (χ2n) is 7.92. The maximum Gasteiger partial charge on any atom is 0.335 e. The summed E-state index contributed by atoms with van der Waals surface area (Å²) in [4.78, 5) is 16.6. The van der Waals surface area contributed by atoms with E-state index in [1.54, 1.807) is 0 Å². The molecule has 5 heteroatoms. The normalized spacial score (nSPS) is 13.5. The summed E-state index contributed by atoms with van der Waals surface area (Å²) in [7, 11) is 0. The molecule has 0 saturated heterocycles. The van der Waals surface area contributed by atoms with Crippen molar-refractivity contribution in [2.75, 3.05) is 6.61 Å². The molecule has 160 valence electrons. The second kappa shape index (κ2) is 9.65. The van der Waals surface area contributed by atoms with Crippen LogP contribution in [0.3, 0.4) is 0 Å². The van der Waals surface area contributed by atoms with Crippen LogP contribution < -0.4 is 5.32 Å². The molecular weight excluding hydrogens is 386 g/mol. The summed E-state index contributed by atoms with van der Waals surface area (Å²) >= 11 is 0. The van der Waals surface area contributed by atoms with Crippen molar-refractivity contribution >= 4 is 5.97 Å². The number of esters is 1. The van der Waals surface area contributed by atoms with Gasteiger partial charge in [-0.3, -0.25) is 0 Å². The molecule has 1 heterocycles. The molecule has 1 aromatic heterocycles. The van der Waals surface area contributed by atoms with E-state index < -0.39 is 0 Å². The van der Waals surface area contributed by atoms with Crippen LogP contribution in [0.4, 0.5) is 0 Å². The van der Waals surface area contributed by atoms with E-state index in [1.165, 1.54) is 22.3 Å². The minimum Gasteiger partial charge on any atom is -0.463 e. The number of ether oxygens (including phenoxy) is 1. The molecule has 0 unspecified atom stereocenters. The Morgan fingerprint density at radius 1 is 1.06 bits per heavy atom. The van der Waals surface area contributed by atoms with E-state index >= 15 is 0 Å². The highest BCUT2D eigenvalue weighted by molar-refractivity contribution is 5.89. The van der Waals surface area contributed by atoms with Crippen LogP contribution in [0.2, 0.25) is 0 Å². The Morgan fingerprint density at radius 2 is 1.77 bits per heavy atom. The van der Waals surface area contributed by atoms with Gasteiger partial charge in [-0.15, -0.1) is 0 Å². The predicted octanol–water partition coefficient (Wildman–Crippen LogP) is 5.00. The number of aromatic nitrogens is 2. The van der Waals surface area contributed by atoms with Crippen molar-refractivity contribution in [1.29, 1.82) is 0 Å². The predicted molar refractivity (Wildman–Crippen MR) is 122 cm³/mol. The molecule has 0 aliphatic heterocycles. The van der Waals surface area contributed by atoms with Crippen LogP contribution in [0.25, 0.3) is 11.1 Å². The highest BCUT2D eigenvalue weighted by atomic mass is 16.5. The van der Waals surface area contributed by atoms with E-state index in [2.05, 4.69) is 70.3 Å². The number of imidazole rings is 1. The monoisotopic (exact) mass is 415 g/mol. The lowest BCUT2D eigenvalue weighted by atomic mass is 10.0. The molecule has 5 nitrogen and oxygen atoms in total. The SMILES string of the molecule is CCOC(=O)C1=C(NCc2nccn2Cc2ccc(-c3ccc(C)cc3)cc2)CCC1. The Morgan fingerprint density at radius 3 is 2.48 bits per heavy atom. The largest absolute Gasteiger partial charge is 0.463 e. The maximum absolute atomic E-state index is 12.1. The third-order valence-electron chi connectivity index (χ3n) is 5.69. The molecule has 1 aliphatic carbocycles. The van der Waals surface area contributed by atoms with E-state index in [-0.39, 0.29) is 5.97 Å². The van der Waals surface area contributed by atoms with Gasteiger partial charge in [-0.25, -0.2) is 9.78 Å². The first kappa shape index (κ1) is 20.9. The summed E-state index contributed by atoms with van der Waals surface area (Å²) in [6.07, 6.45) is 6.48. The van der Waals surface area contributed by atoms with Crippen molar-refractivity contribution in [2.24, 2.45) is 0 Å². The van der Waals surface area contributed by atoms with Crippen molar-refractivity contribution in [3.05, 3.63) is 89.1 Å². The van der Waals surface area contributed by atoms with E-state index in [9.17, 15) is 4.79 Å². The van der Waals surface area contributed by atoms with Gasteiger partial charge in [0, 0.05) is 24.6 Å². The summed E-state index contributed by atoms with van der Waals surface area (Å²) in [5.74, 6) is 0.754. The van der Waals surface area contributed by atoms with Crippen LogP contribution in [0.5, 0.6) is 0 Å². The quantitative estimate of drug-likeness (QED) is 0.526. The lowest BCUT2D eigenvalue weighted by Gasteiger charge is -2.12. The van der Waals surface area contributed by atoms with Gasteiger partial charge in [0.2, 0.25) is 0 Å². The molecule has 0 radical (unpaired) electrons. The molecule has 0 spiro atoms. The number of carbonyl (C=O) groups is 1. The molecule has 31 heavy (non-hydrogen) atoms. The first-order valence-electron chi connectivity index (χ1n) is 10.9. The molecule has 4 rings (SSSR count). The molecule has 0 bridgehead atoms. The van der Waals surface area contributed by atoms with Crippen molar-refractivity contribution in [3.8, 4) is 11.1 Å². The zero-order valence-corrected chi connectivity index (χ0v) is 18.2. The van der Waals surface area contributed by atoms with Gasteiger partial charge in [-0.05, 0) is 49.8 Å². The molecule has 0 saturated carbocycles. The van der Waals surface area contributed by atoms with E-state index in [0.717, 1.165) is 42.9 Å². The standard InChI is InChI=1S/C26H29N3O2/c1-3-31-26(30)23-5-4-6-24(23)28-17-25-27-15-16-29(25)18-20-9-13-22(14-10-20)21-11-7-19(2)8-12-21/h7-16,28H,3-6,17-18H2,1-2H3. The highest BCUT2D eigenvalue weighted by Crippen LogP contribution is 2.25. The highest BCUT2D eigenvalue weighted by Gasteiger charge is 2.22. The number of hydrogen-bond donors (Lipinski definition) is 1. The van der Waals surface area contributed by atoms with Gasteiger partial charge in [0.05, 0.1) is 18.7 Å². The fourth-order valence-corrected chi connectivity index (χ4v) is 3.96. The van der Waals surface area contributed by atoms with Gasteiger partial charge in [0.15, 0.2) is 0 Å². The third-order valence-corrected chi connectivity index (χ3v) is 5.69. The summed E-state index contributed by atoms with van der Waals surface area (Å²) < 4.78 is 7.33. The third kappa shape index (κ3) is 5.05. The molecule has 0 fully saturated rings. The molecule has 0 atom stereocenters. The number of rotatable bonds is 8. The van der Waals surface area contributed by atoms with Crippen molar-refractivity contribution in [3.63, 3.8) is 0 Å². The summed E-state index contributed by atoms with van der Waals surface area (Å²) in [5.41, 5.74) is 6.72. The molecule has 2 aromatic carbocycles. The number of nitrogens with zero attached hydrogens (tertiary/aromatic N) is 2. The Kier molecular flexibility index (Phi) is 6.51. The summed E-state index contributed by atoms with van der Waals surface area (Å²) in [6, 6.07) is 17.3. The van der Waals surface area contributed by atoms with Gasteiger partial charge in [0.25, 0.3) is 0 Å². The zero-order chi connectivity index (χ0) is 21.6. The number of aryl methyl sites for hydroxylation is 1. The van der Waals surface area contributed by atoms with E-state index in [4.69, 9.17) is 4.74 Å². The average Bonchev–Trinajstić information content (AvgIpc) is 3.43. The Balaban J connectivity index is 1.41. The van der Waals surface area contributed by atoms with Crippen LogP contribution in [0.15, 0.2) is 72.2 Å². The van der Waals surface area contributed by atoms with E-state index in [1.807, 2.05) is 19.3 Å². The average molecular weight is 416 g/mol. The molecule has 3 aromatic rings. The van der Waals surface area contributed by atoms with Crippen LogP contribution in [-0.4, -0.2) is 22.1 Å². The van der Waals surface area contributed by atoms with Crippen molar-refractivity contribution in [1.82, 2.24) is 14.9 Å². The number of allylic oxidation sites excluding steroid dienone is 1. The van der Waals surface area contributed by atoms with Gasteiger partial charge in [-0.2, -0.15) is 0 Å². The number of nitrogens with one attached hydrogen (secondary N) is 1. The minimum atomic E-state index is -0.195. The van der Waals surface area contributed by atoms with Gasteiger partial charge < -0.3 is 14.6 Å². The topological polar surface area (TPSA) is 56.1 Å². The molecule has 0 amide bonds. The molecule has 1 N–H and O–H groups in total. The Labute approximate surface area is 183 Å². The maximum atomic E-state index is 12.1. The number of carbonyl (C=O) groups excluding carboxylic acids is 1. The van der Waals surface area contributed by atoms with Gasteiger partial charge in [0.1, 0.15) is 5.82 Å². The Hall–Kier alpha value is -3.34. The van der Waals surface area contributed by atoms with Crippen LogP contribution >= 0.6 is 0 Å². The second-order valence-corrected chi connectivity index (χ2v) is 7.92. The fourth-order valence-electron chi connectivity index (χ4n) is 3.96. The van der Waals surface area contributed by atoms with Crippen LogP contribution in [0, 0.1) is 6.92 Å². The van der Waals surface area contributed by atoms with Crippen LogP contribution in [0.1, 0.15) is 43.1 Å². The van der Waals surface area contributed by atoms with Crippen LogP contribution in [-0.2, 0) is 22.6 Å².